The average Bonchev–Trinajstić information content (AvgIpc) is 1.87. The standard InChI is InChI=1S/C7H15NO/c1-3-5-7(9)6(8)4-2/h6H,3-5,8H2,1-2H3. The molecule has 0 heterocycles. The number of carbonyl (C=O) groups excluding carboxylic acids is 1. The van der Waals surface area contributed by atoms with Crippen molar-refractivity contribution in [3.63, 3.8) is 0 Å². The summed E-state index contributed by atoms with van der Waals surface area (Å²) in [5.74, 6) is 0.194. The van der Waals surface area contributed by atoms with Gasteiger partial charge in [-0.2, -0.15) is 0 Å². The fourth-order valence-electron chi connectivity index (χ4n) is 0.659. The van der Waals surface area contributed by atoms with Gasteiger partial charge in [0.15, 0.2) is 0 Å². The zero-order chi connectivity index (χ0) is 7.28. The Morgan fingerprint density at radius 1 is 1.56 bits per heavy atom. The molecular formula is C7H15NO. The van der Waals surface area contributed by atoms with E-state index in [4.69, 9.17) is 5.73 Å². The van der Waals surface area contributed by atoms with Gasteiger partial charge in [-0.3, -0.25) is 4.79 Å². The van der Waals surface area contributed by atoms with Crippen LogP contribution in [0.2, 0.25) is 0 Å². The van der Waals surface area contributed by atoms with Gasteiger partial charge >= 0.3 is 0 Å². The van der Waals surface area contributed by atoms with Crippen LogP contribution in [0, 0.1) is 0 Å². The van der Waals surface area contributed by atoms with Gasteiger partial charge in [-0.15, -0.1) is 0 Å². The highest BCUT2D eigenvalue weighted by Gasteiger charge is 2.07. The summed E-state index contributed by atoms with van der Waals surface area (Å²) >= 11 is 0. The maximum absolute atomic E-state index is 10.8. The van der Waals surface area contributed by atoms with Crippen molar-refractivity contribution in [1.29, 1.82) is 0 Å². The molecule has 1 unspecified atom stereocenters. The van der Waals surface area contributed by atoms with Crippen molar-refractivity contribution in [2.75, 3.05) is 0 Å². The van der Waals surface area contributed by atoms with Gasteiger partial charge in [-0.1, -0.05) is 13.8 Å². The smallest absolute Gasteiger partial charge is 0.149 e. The molecule has 54 valence electrons. The van der Waals surface area contributed by atoms with Crippen LogP contribution in [-0.4, -0.2) is 11.8 Å². The molecule has 0 saturated carbocycles. The van der Waals surface area contributed by atoms with E-state index in [0.29, 0.717) is 6.42 Å². The summed E-state index contributed by atoms with van der Waals surface area (Å²) in [4.78, 5) is 10.8. The highest BCUT2D eigenvalue weighted by molar-refractivity contribution is 5.83. The number of nitrogens with two attached hydrogens (primary N) is 1. The number of rotatable bonds is 4. The Hall–Kier alpha value is -0.370. The molecule has 0 bridgehead atoms. The lowest BCUT2D eigenvalue weighted by atomic mass is 10.1. The molecule has 0 rings (SSSR count). The Kier molecular flexibility index (Phi) is 4.32. The van der Waals surface area contributed by atoms with Gasteiger partial charge in [0.1, 0.15) is 5.78 Å². The van der Waals surface area contributed by atoms with E-state index in [0.717, 1.165) is 12.8 Å². The van der Waals surface area contributed by atoms with Gasteiger partial charge < -0.3 is 5.73 Å². The van der Waals surface area contributed by atoms with Crippen LogP contribution in [0.1, 0.15) is 33.1 Å². The molecule has 0 aliphatic heterocycles. The molecular weight excluding hydrogens is 114 g/mol. The zero-order valence-electron chi connectivity index (χ0n) is 6.18. The molecule has 0 aromatic rings. The van der Waals surface area contributed by atoms with Crippen molar-refractivity contribution < 1.29 is 4.79 Å². The molecule has 2 N–H and O–H groups in total. The minimum absolute atomic E-state index is 0.194. The first-order valence-corrected chi connectivity index (χ1v) is 3.50. The van der Waals surface area contributed by atoms with E-state index in [1.165, 1.54) is 0 Å². The lowest BCUT2D eigenvalue weighted by molar-refractivity contribution is -0.120. The minimum Gasteiger partial charge on any atom is -0.322 e. The van der Waals surface area contributed by atoms with E-state index in [1.807, 2.05) is 13.8 Å². The topological polar surface area (TPSA) is 43.1 Å². The lowest BCUT2D eigenvalue weighted by Crippen LogP contribution is -2.28. The van der Waals surface area contributed by atoms with Crippen LogP contribution in [-0.2, 0) is 4.79 Å². The Balaban J connectivity index is 3.46. The second-order valence-electron chi connectivity index (χ2n) is 2.23. The molecule has 0 radical (unpaired) electrons. The maximum atomic E-state index is 10.8. The van der Waals surface area contributed by atoms with Crippen molar-refractivity contribution in [3.8, 4) is 0 Å². The molecule has 0 aliphatic rings. The molecule has 0 aromatic heterocycles. The molecule has 2 nitrogen and oxygen atoms in total. The van der Waals surface area contributed by atoms with E-state index >= 15 is 0 Å². The lowest BCUT2D eigenvalue weighted by Gasteiger charge is -2.04. The van der Waals surface area contributed by atoms with Gasteiger partial charge in [0, 0.05) is 6.42 Å². The molecule has 0 spiro atoms. The molecule has 0 aromatic carbocycles. The summed E-state index contributed by atoms with van der Waals surface area (Å²) in [7, 11) is 0. The summed E-state index contributed by atoms with van der Waals surface area (Å²) in [5, 5.41) is 0. The SMILES string of the molecule is CCCC(=O)C(N)CC. The van der Waals surface area contributed by atoms with Crippen LogP contribution in [0.25, 0.3) is 0 Å². The van der Waals surface area contributed by atoms with Crippen molar-refractivity contribution in [1.82, 2.24) is 0 Å². The fourth-order valence-corrected chi connectivity index (χ4v) is 0.659. The first-order chi connectivity index (χ1) is 4.22. The van der Waals surface area contributed by atoms with Gasteiger partial charge in [-0.25, -0.2) is 0 Å². The number of hydrogen-bond donors (Lipinski definition) is 1. The first kappa shape index (κ1) is 8.63. The summed E-state index contributed by atoms with van der Waals surface area (Å²) in [6.07, 6.45) is 2.31. The molecule has 0 fully saturated rings. The largest absolute Gasteiger partial charge is 0.322 e. The molecule has 2 heteroatoms. The Bertz CT molecular complexity index is 90.9. The predicted octanol–water partition coefficient (Wildman–Crippen LogP) is 1.09. The van der Waals surface area contributed by atoms with E-state index in [9.17, 15) is 4.79 Å². The van der Waals surface area contributed by atoms with Crippen molar-refractivity contribution in [3.05, 3.63) is 0 Å². The highest BCUT2D eigenvalue weighted by atomic mass is 16.1. The van der Waals surface area contributed by atoms with Crippen LogP contribution in [0.4, 0.5) is 0 Å². The average molecular weight is 129 g/mol. The van der Waals surface area contributed by atoms with Crippen molar-refractivity contribution >= 4 is 5.78 Å². The van der Waals surface area contributed by atoms with E-state index < -0.39 is 0 Å². The second kappa shape index (κ2) is 4.50. The third kappa shape index (κ3) is 3.25. The zero-order valence-corrected chi connectivity index (χ0v) is 6.18. The summed E-state index contributed by atoms with van der Waals surface area (Å²) in [6.45, 7) is 3.92. The van der Waals surface area contributed by atoms with Gasteiger partial charge in [0.05, 0.1) is 6.04 Å². The second-order valence-corrected chi connectivity index (χ2v) is 2.23. The number of hydrogen-bond acceptors (Lipinski definition) is 2. The molecule has 0 amide bonds. The summed E-state index contributed by atoms with van der Waals surface area (Å²) < 4.78 is 0. The Morgan fingerprint density at radius 2 is 2.11 bits per heavy atom. The van der Waals surface area contributed by atoms with E-state index in [-0.39, 0.29) is 11.8 Å². The van der Waals surface area contributed by atoms with Crippen LogP contribution < -0.4 is 5.73 Å². The van der Waals surface area contributed by atoms with Crippen LogP contribution >= 0.6 is 0 Å². The molecule has 9 heavy (non-hydrogen) atoms. The monoisotopic (exact) mass is 129 g/mol. The first-order valence-electron chi connectivity index (χ1n) is 3.50. The Labute approximate surface area is 56.4 Å². The van der Waals surface area contributed by atoms with E-state index in [1.54, 1.807) is 0 Å². The highest BCUT2D eigenvalue weighted by Crippen LogP contribution is 1.95. The van der Waals surface area contributed by atoms with Gasteiger partial charge in [0.2, 0.25) is 0 Å². The third-order valence-corrected chi connectivity index (χ3v) is 1.35. The fraction of sp³-hybridized carbons (Fsp3) is 0.857. The van der Waals surface area contributed by atoms with Crippen LogP contribution in [0.5, 0.6) is 0 Å². The van der Waals surface area contributed by atoms with Gasteiger partial charge in [-0.05, 0) is 12.8 Å². The Morgan fingerprint density at radius 3 is 2.44 bits per heavy atom. The number of ketones is 1. The number of Topliss-reactive ketones (excluding diaryl/α,β-unsaturated/α-hetero) is 1. The van der Waals surface area contributed by atoms with Crippen LogP contribution in [0.3, 0.4) is 0 Å². The van der Waals surface area contributed by atoms with E-state index in [2.05, 4.69) is 0 Å². The molecule has 1 atom stereocenters. The summed E-state index contributed by atoms with van der Waals surface area (Å²) in [5.41, 5.74) is 5.45. The van der Waals surface area contributed by atoms with Crippen LogP contribution in [0.15, 0.2) is 0 Å². The molecule has 0 saturated heterocycles. The number of carbonyl (C=O) groups is 1. The summed E-state index contributed by atoms with van der Waals surface area (Å²) in [6, 6.07) is -0.218. The maximum Gasteiger partial charge on any atom is 0.149 e. The minimum atomic E-state index is -0.218. The van der Waals surface area contributed by atoms with Crippen molar-refractivity contribution in [2.45, 2.75) is 39.2 Å². The quantitative estimate of drug-likeness (QED) is 0.617. The normalized spacial score (nSPS) is 13.2. The molecule has 0 aliphatic carbocycles. The third-order valence-electron chi connectivity index (χ3n) is 1.35. The van der Waals surface area contributed by atoms with Gasteiger partial charge in [0.25, 0.3) is 0 Å². The van der Waals surface area contributed by atoms with Crippen molar-refractivity contribution in [2.24, 2.45) is 5.73 Å². The predicted molar refractivity (Wildman–Crippen MR) is 38.2 cm³/mol.